The Morgan fingerprint density at radius 3 is 2.96 bits per heavy atom. The van der Waals surface area contributed by atoms with E-state index in [9.17, 15) is 9.59 Å². The minimum absolute atomic E-state index is 0.128. The Labute approximate surface area is 161 Å². The number of amides is 1. The van der Waals surface area contributed by atoms with Gasteiger partial charge in [0, 0.05) is 35.3 Å². The van der Waals surface area contributed by atoms with Crippen molar-refractivity contribution in [3.05, 3.63) is 69.4 Å². The summed E-state index contributed by atoms with van der Waals surface area (Å²) in [6.45, 7) is 1.80. The first-order valence-corrected chi connectivity index (χ1v) is 10.3. The quantitative estimate of drug-likeness (QED) is 0.709. The summed E-state index contributed by atoms with van der Waals surface area (Å²) in [4.78, 5) is 28.1. The molecule has 0 radical (unpaired) electrons. The Kier molecular flexibility index (Phi) is 5.07. The predicted molar refractivity (Wildman–Crippen MR) is 109 cm³/mol. The molecule has 1 saturated heterocycles. The van der Waals surface area contributed by atoms with Crippen LogP contribution in [-0.4, -0.2) is 28.4 Å². The predicted octanol–water partition coefficient (Wildman–Crippen LogP) is 3.45. The van der Waals surface area contributed by atoms with Gasteiger partial charge in [0.15, 0.2) is 0 Å². The third-order valence-corrected chi connectivity index (χ3v) is 6.17. The van der Waals surface area contributed by atoms with Gasteiger partial charge in [-0.25, -0.2) is 4.79 Å². The molecule has 0 spiro atoms. The van der Waals surface area contributed by atoms with Gasteiger partial charge in [0.05, 0.1) is 0 Å². The molecule has 0 aliphatic carbocycles. The van der Waals surface area contributed by atoms with E-state index in [1.807, 2.05) is 42.2 Å². The molecule has 2 aromatic heterocycles. The molecule has 6 heteroatoms. The molecule has 1 aliphatic rings. The van der Waals surface area contributed by atoms with Gasteiger partial charge in [0.2, 0.25) is 0 Å². The summed E-state index contributed by atoms with van der Waals surface area (Å²) in [7, 11) is 0. The van der Waals surface area contributed by atoms with Crippen molar-refractivity contribution < 1.29 is 9.21 Å². The van der Waals surface area contributed by atoms with Crippen LogP contribution in [0.1, 0.15) is 33.7 Å². The number of H-pyrrole nitrogens is 1. The maximum atomic E-state index is 12.5. The van der Waals surface area contributed by atoms with Crippen molar-refractivity contribution in [1.29, 1.82) is 0 Å². The van der Waals surface area contributed by atoms with Gasteiger partial charge >= 0.3 is 5.63 Å². The molecule has 0 bridgehead atoms. The van der Waals surface area contributed by atoms with Crippen LogP contribution in [0.3, 0.4) is 0 Å². The fourth-order valence-electron chi connectivity index (χ4n) is 3.57. The maximum Gasteiger partial charge on any atom is 0.349 e. The Balaban J connectivity index is 1.49. The number of rotatable bonds is 5. The normalized spacial score (nSPS) is 16.7. The van der Waals surface area contributed by atoms with Gasteiger partial charge in [-0.15, -0.1) is 0 Å². The third-order valence-electron chi connectivity index (χ3n) is 5.01. The van der Waals surface area contributed by atoms with Crippen LogP contribution in [0.25, 0.3) is 10.9 Å². The van der Waals surface area contributed by atoms with Gasteiger partial charge in [0.1, 0.15) is 11.3 Å². The largest absolute Gasteiger partial charge is 0.427 e. The van der Waals surface area contributed by atoms with Crippen LogP contribution in [-0.2, 0) is 12.8 Å². The van der Waals surface area contributed by atoms with Crippen molar-refractivity contribution in [3.8, 4) is 0 Å². The number of para-hydroxylation sites is 1. The summed E-state index contributed by atoms with van der Waals surface area (Å²) in [5.41, 5.74) is 2.53. The topological polar surface area (TPSA) is 75.1 Å². The van der Waals surface area contributed by atoms with Crippen LogP contribution in [0.2, 0.25) is 0 Å². The minimum atomic E-state index is -0.549. The van der Waals surface area contributed by atoms with Crippen molar-refractivity contribution in [2.24, 2.45) is 0 Å². The molecule has 27 heavy (non-hydrogen) atoms. The molecule has 3 heterocycles. The van der Waals surface area contributed by atoms with E-state index in [1.165, 1.54) is 10.9 Å². The summed E-state index contributed by atoms with van der Waals surface area (Å²) in [6, 6.07) is 10.1. The number of carbonyl (C=O) groups is 1. The lowest BCUT2D eigenvalue weighted by molar-refractivity contribution is 0.0936. The van der Waals surface area contributed by atoms with Crippen LogP contribution < -0.4 is 10.9 Å². The number of aromatic amines is 1. The molecule has 1 unspecified atom stereocenters. The number of hydrogen-bond acceptors (Lipinski definition) is 4. The third kappa shape index (κ3) is 3.81. The van der Waals surface area contributed by atoms with Crippen molar-refractivity contribution in [2.45, 2.75) is 32.2 Å². The van der Waals surface area contributed by atoms with Gasteiger partial charge in [-0.3, -0.25) is 4.79 Å². The minimum Gasteiger partial charge on any atom is -0.427 e. The molecule has 3 aromatic rings. The number of aryl methyl sites for hydroxylation is 3. The molecule has 1 fully saturated rings. The van der Waals surface area contributed by atoms with E-state index in [4.69, 9.17) is 4.42 Å². The lowest BCUT2D eigenvalue weighted by Crippen LogP contribution is -2.37. The van der Waals surface area contributed by atoms with Gasteiger partial charge in [0.25, 0.3) is 5.91 Å². The number of hydrogen-bond donors (Lipinski definition) is 2. The zero-order valence-electron chi connectivity index (χ0n) is 15.2. The van der Waals surface area contributed by atoms with Gasteiger partial charge < -0.3 is 14.7 Å². The number of benzene rings is 1. The molecule has 1 amide bonds. The number of aromatic nitrogens is 1. The first-order chi connectivity index (χ1) is 13.1. The second-order valence-electron chi connectivity index (χ2n) is 6.95. The standard InChI is InChI=1S/C21H22N2O3S/c1-13-10-16(7-6-14-11-22-18-5-3-2-4-17(14)18)26-21(25)19(13)20(24)23-15-8-9-27-12-15/h2-5,10-11,15,22H,6-9,12H2,1H3,(H,23,24). The van der Waals surface area contributed by atoms with Crippen LogP contribution in [0.15, 0.2) is 45.7 Å². The summed E-state index contributed by atoms with van der Waals surface area (Å²) >= 11 is 1.82. The molecule has 5 nitrogen and oxygen atoms in total. The van der Waals surface area contributed by atoms with Crippen molar-refractivity contribution >= 4 is 28.6 Å². The van der Waals surface area contributed by atoms with Crippen LogP contribution in [0.5, 0.6) is 0 Å². The highest BCUT2D eigenvalue weighted by molar-refractivity contribution is 7.99. The Bertz CT molecular complexity index is 1030. The smallest absolute Gasteiger partial charge is 0.349 e. The van der Waals surface area contributed by atoms with E-state index in [-0.39, 0.29) is 17.5 Å². The highest BCUT2D eigenvalue weighted by Gasteiger charge is 2.22. The number of thioether (sulfide) groups is 1. The van der Waals surface area contributed by atoms with Crippen molar-refractivity contribution in [2.75, 3.05) is 11.5 Å². The van der Waals surface area contributed by atoms with Gasteiger partial charge in [-0.1, -0.05) is 18.2 Å². The highest BCUT2D eigenvalue weighted by atomic mass is 32.2. The Hall–Kier alpha value is -2.47. The Morgan fingerprint density at radius 1 is 1.33 bits per heavy atom. The summed E-state index contributed by atoms with van der Waals surface area (Å²) in [5, 5.41) is 4.13. The van der Waals surface area contributed by atoms with Crippen LogP contribution >= 0.6 is 11.8 Å². The van der Waals surface area contributed by atoms with E-state index in [0.29, 0.717) is 17.7 Å². The van der Waals surface area contributed by atoms with Crippen molar-refractivity contribution in [1.82, 2.24) is 10.3 Å². The fraction of sp³-hybridized carbons (Fsp3) is 0.333. The summed E-state index contributed by atoms with van der Waals surface area (Å²) < 4.78 is 5.45. The molecule has 0 saturated carbocycles. The second kappa shape index (κ2) is 7.64. The lowest BCUT2D eigenvalue weighted by Gasteiger charge is -2.12. The monoisotopic (exact) mass is 382 g/mol. The second-order valence-corrected chi connectivity index (χ2v) is 8.10. The van der Waals surface area contributed by atoms with E-state index >= 15 is 0 Å². The molecule has 1 aliphatic heterocycles. The SMILES string of the molecule is Cc1cc(CCc2c[nH]c3ccccc23)oc(=O)c1C(=O)NC1CCSC1. The average molecular weight is 382 g/mol. The highest BCUT2D eigenvalue weighted by Crippen LogP contribution is 2.20. The first kappa shape index (κ1) is 17.9. The average Bonchev–Trinajstić information content (AvgIpc) is 3.29. The molecular formula is C21H22N2O3S. The number of carbonyl (C=O) groups excluding carboxylic acids is 1. The number of fused-ring (bicyclic) bond motifs is 1. The maximum absolute atomic E-state index is 12.5. The van der Waals surface area contributed by atoms with Crippen LogP contribution in [0.4, 0.5) is 0 Å². The molecule has 1 atom stereocenters. The van der Waals surface area contributed by atoms with E-state index in [0.717, 1.165) is 29.9 Å². The van der Waals surface area contributed by atoms with E-state index in [1.54, 1.807) is 6.92 Å². The van der Waals surface area contributed by atoms with Gasteiger partial charge in [-0.2, -0.15) is 11.8 Å². The zero-order valence-corrected chi connectivity index (χ0v) is 16.0. The summed E-state index contributed by atoms with van der Waals surface area (Å²) in [6.07, 6.45) is 4.32. The molecular weight excluding hydrogens is 360 g/mol. The van der Waals surface area contributed by atoms with Gasteiger partial charge in [-0.05, 0) is 48.8 Å². The van der Waals surface area contributed by atoms with E-state index in [2.05, 4.69) is 16.4 Å². The molecule has 140 valence electrons. The van der Waals surface area contributed by atoms with Crippen molar-refractivity contribution in [3.63, 3.8) is 0 Å². The Morgan fingerprint density at radius 2 is 2.19 bits per heavy atom. The first-order valence-electron chi connectivity index (χ1n) is 9.19. The molecule has 2 N–H and O–H groups in total. The molecule has 1 aromatic carbocycles. The number of nitrogens with one attached hydrogen (secondary N) is 2. The zero-order chi connectivity index (χ0) is 18.8. The molecule has 4 rings (SSSR count). The summed E-state index contributed by atoms with van der Waals surface area (Å²) in [5.74, 6) is 2.23. The fourth-order valence-corrected chi connectivity index (χ4v) is 4.72. The van der Waals surface area contributed by atoms with E-state index < -0.39 is 5.63 Å². The van der Waals surface area contributed by atoms with Crippen LogP contribution in [0, 0.1) is 6.92 Å². The lowest BCUT2D eigenvalue weighted by atomic mass is 10.1.